The van der Waals surface area contributed by atoms with Gasteiger partial charge in [-0.2, -0.15) is 0 Å². The zero-order chi connectivity index (χ0) is 9.12. The Kier molecular flexibility index (Phi) is 3.26. The summed E-state index contributed by atoms with van der Waals surface area (Å²) in [7, 11) is 0. The van der Waals surface area contributed by atoms with Gasteiger partial charge in [-0.3, -0.25) is 4.39 Å². The van der Waals surface area contributed by atoms with Crippen LogP contribution in [-0.2, 0) is 0 Å². The minimum atomic E-state index is -3.59. The highest BCUT2D eigenvalue weighted by Gasteiger charge is 2.39. The van der Waals surface area contributed by atoms with Gasteiger partial charge in [-0.1, -0.05) is 0 Å². The molecule has 0 aliphatic rings. The van der Waals surface area contributed by atoms with E-state index in [9.17, 15) is 22.0 Å². The summed E-state index contributed by atoms with van der Waals surface area (Å²) in [6.07, 6.45) is -2.71. The van der Waals surface area contributed by atoms with Gasteiger partial charge in [0.2, 0.25) is 0 Å². The predicted octanol–water partition coefficient (Wildman–Crippen LogP) is 3.03. The van der Waals surface area contributed by atoms with Gasteiger partial charge in [0.25, 0.3) is 11.8 Å². The Labute approximate surface area is 61.4 Å². The summed E-state index contributed by atoms with van der Waals surface area (Å²) < 4.78 is 59.6. The molecule has 0 aliphatic carbocycles. The van der Waals surface area contributed by atoms with E-state index in [4.69, 9.17) is 0 Å². The molecule has 0 rings (SSSR count). The summed E-state index contributed by atoms with van der Waals surface area (Å²) in [4.78, 5) is 0. The monoisotopic (exact) mass is 176 g/mol. The van der Waals surface area contributed by atoms with Gasteiger partial charge in [-0.15, -0.1) is 0 Å². The van der Waals surface area contributed by atoms with Gasteiger partial charge >= 0.3 is 0 Å². The molecule has 0 heterocycles. The van der Waals surface area contributed by atoms with E-state index < -0.39 is 31.4 Å². The third-order valence-corrected chi connectivity index (χ3v) is 1.03. The van der Waals surface area contributed by atoms with Crippen LogP contribution in [0.4, 0.5) is 22.0 Å². The lowest BCUT2D eigenvalue weighted by molar-refractivity contribution is -0.106. The maximum absolute atomic E-state index is 12.2. The Balaban J connectivity index is 3.91. The summed E-state index contributed by atoms with van der Waals surface area (Å²) in [5.74, 6) is -7.02. The van der Waals surface area contributed by atoms with Crippen molar-refractivity contribution in [2.24, 2.45) is 0 Å². The SMILES string of the molecule is CC(F)(F)CC(F)(F)CCF. The molecule has 0 fully saturated rings. The summed E-state index contributed by atoms with van der Waals surface area (Å²) in [5.41, 5.74) is 0. The highest BCUT2D eigenvalue weighted by molar-refractivity contribution is 4.73. The summed E-state index contributed by atoms with van der Waals surface area (Å²) in [6, 6.07) is 0. The van der Waals surface area contributed by atoms with Crippen molar-refractivity contribution in [1.29, 1.82) is 0 Å². The van der Waals surface area contributed by atoms with Crippen LogP contribution in [0.15, 0.2) is 0 Å². The van der Waals surface area contributed by atoms with Crippen molar-refractivity contribution in [3.63, 3.8) is 0 Å². The van der Waals surface area contributed by atoms with Crippen molar-refractivity contribution in [2.75, 3.05) is 6.67 Å². The molecule has 0 aromatic carbocycles. The van der Waals surface area contributed by atoms with Crippen molar-refractivity contribution in [3.05, 3.63) is 0 Å². The Hall–Kier alpha value is -0.350. The molecular weight excluding hydrogens is 167 g/mol. The molecule has 5 heteroatoms. The van der Waals surface area contributed by atoms with Crippen LogP contribution in [0.3, 0.4) is 0 Å². The van der Waals surface area contributed by atoms with E-state index in [1.807, 2.05) is 0 Å². The highest BCUT2D eigenvalue weighted by atomic mass is 19.3. The largest absolute Gasteiger partial charge is 0.256 e. The molecule has 0 unspecified atom stereocenters. The summed E-state index contributed by atoms with van der Waals surface area (Å²) in [6.45, 7) is -0.887. The Morgan fingerprint density at radius 1 is 1.09 bits per heavy atom. The van der Waals surface area contributed by atoms with Gasteiger partial charge in [0.1, 0.15) is 0 Å². The molecule has 0 saturated heterocycles. The molecule has 0 spiro atoms. The minimum absolute atomic E-state index is 0.388. The molecular formula is C6H9F5. The number of halogens is 5. The zero-order valence-corrected chi connectivity index (χ0v) is 6.01. The molecule has 11 heavy (non-hydrogen) atoms. The quantitative estimate of drug-likeness (QED) is 0.577. The standard InChI is InChI=1S/C6H9F5/c1-5(8,9)4-6(10,11)2-3-7/h2-4H2,1H3. The van der Waals surface area contributed by atoms with E-state index in [2.05, 4.69) is 0 Å². The molecule has 68 valence electrons. The third kappa shape index (κ3) is 6.06. The van der Waals surface area contributed by atoms with Crippen molar-refractivity contribution in [3.8, 4) is 0 Å². The Morgan fingerprint density at radius 3 is 1.82 bits per heavy atom. The van der Waals surface area contributed by atoms with Crippen LogP contribution in [0.1, 0.15) is 19.8 Å². The van der Waals surface area contributed by atoms with Gasteiger partial charge in [-0.25, -0.2) is 17.6 Å². The van der Waals surface area contributed by atoms with Crippen LogP contribution in [0.5, 0.6) is 0 Å². The fourth-order valence-electron chi connectivity index (χ4n) is 0.681. The molecule has 0 bridgehead atoms. The first kappa shape index (κ1) is 10.7. The minimum Gasteiger partial charge on any atom is -0.251 e. The first-order chi connectivity index (χ1) is 4.77. The third-order valence-electron chi connectivity index (χ3n) is 1.03. The summed E-state index contributed by atoms with van der Waals surface area (Å²) in [5, 5.41) is 0. The van der Waals surface area contributed by atoms with Gasteiger partial charge < -0.3 is 0 Å². The van der Waals surface area contributed by atoms with E-state index in [1.165, 1.54) is 0 Å². The maximum atomic E-state index is 12.2. The van der Waals surface area contributed by atoms with Crippen LogP contribution in [0.25, 0.3) is 0 Å². The van der Waals surface area contributed by atoms with Crippen LogP contribution >= 0.6 is 0 Å². The Morgan fingerprint density at radius 2 is 1.55 bits per heavy atom. The van der Waals surface area contributed by atoms with Gasteiger partial charge in [-0.05, 0) is 6.92 Å². The molecule has 0 atom stereocenters. The molecule has 0 aromatic rings. The first-order valence-corrected chi connectivity index (χ1v) is 3.08. The van der Waals surface area contributed by atoms with Crippen molar-refractivity contribution in [2.45, 2.75) is 31.6 Å². The van der Waals surface area contributed by atoms with Gasteiger partial charge in [0, 0.05) is 6.42 Å². The molecule has 0 aliphatic heterocycles. The second-order valence-corrected chi connectivity index (χ2v) is 2.54. The molecule has 0 aromatic heterocycles. The normalized spacial score (nSPS) is 13.6. The van der Waals surface area contributed by atoms with Crippen molar-refractivity contribution in [1.82, 2.24) is 0 Å². The molecule has 0 amide bonds. The maximum Gasteiger partial charge on any atom is 0.256 e. The fraction of sp³-hybridized carbons (Fsp3) is 1.00. The number of alkyl halides is 5. The molecule has 0 N–H and O–H groups in total. The second-order valence-electron chi connectivity index (χ2n) is 2.54. The van der Waals surface area contributed by atoms with Crippen LogP contribution in [0, 0.1) is 0 Å². The zero-order valence-electron chi connectivity index (χ0n) is 6.01. The number of hydrogen-bond acceptors (Lipinski definition) is 0. The van der Waals surface area contributed by atoms with E-state index in [0.29, 0.717) is 6.92 Å². The predicted molar refractivity (Wildman–Crippen MR) is 30.8 cm³/mol. The number of rotatable bonds is 4. The van der Waals surface area contributed by atoms with Gasteiger partial charge in [0.15, 0.2) is 0 Å². The lowest BCUT2D eigenvalue weighted by atomic mass is 10.1. The highest BCUT2D eigenvalue weighted by Crippen LogP contribution is 2.32. The fourth-order valence-corrected chi connectivity index (χ4v) is 0.681. The number of hydrogen-bond donors (Lipinski definition) is 0. The van der Waals surface area contributed by atoms with E-state index >= 15 is 0 Å². The van der Waals surface area contributed by atoms with Gasteiger partial charge in [0.05, 0.1) is 13.1 Å². The van der Waals surface area contributed by atoms with E-state index in [0.717, 1.165) is 0 Å². The van der Waals surface area contributed by atoms with Crippen molar-refractivity contribution < 1.29 is 22.0 Å². The topological polar surface area (TPSA) is 0 Å². The molecule has 0 saturated carbocycles. The lowest BCUT2D eigenvalue weighted by Crippen LogP contribution is -2.27. The average Bonchev–Trinajstić information content (AvgIpc) is 1.55. The molecule has 0 radical (unpaired) electrons. The lowest BCUT2D eigenvalue weighted by Gasteiger charge is -2.18. The average molecular weight is 176 g/mol. The van der Waals surface area contributed by atoms with Crippen LogP contribution < -0.4 is 0 Å². The van der Waals surface area contributed by atoms with Crippen molar-refractivity contribution >= 4 is 0 Å². The smallest absolute Gasteiger partial charge is 0.251 e. The van der Waals surface area contributed by atoms with Crippen LogP contribution in [0.2, 0.25) is 0 Å². The first-order valence-electron chi connectivity index (χ1n) is 3.08. The molecule has 0 nitrogen and oxygen atoms in total. The van der Waals surface area contributed by atoms with Crippen LogP contribution in [-0.4, -0.2) is 18.5 Å². The Bertz CT molecular complexity index is 115. The second kappa shape index (κ2) is 3.36. The van der Waals surface area contributed by atoms with E-state index in [-0.39, 0.29) is 0 Å². The van der Waals surface area contributed by atoms with E-state index in [1.54, 1.807) is 0 Å². The summed E-state index contributed by atoms with van der Waals surface area (Å²) >= 11 is 0.